The molecule has 2 heterocycles. The van der Waals surface area contributed by atoms with Gasteiger partial charge in [-0.15, -0.1) is 0 Å². The molecule has 1 aromatic carbocycles. The fourth-order valence-corrected chi connectivity index (χ4v) is 3.64. The third-order valence-electron chi connectivity index (χ3n) is 4.72. The van der Waals surface area contributed by atoms with E-state index in [1.807, 2.05) is 56.0 Å². The maximum absolute atomic E-state index is 12.4. The van der Waals surface area contributed by atoms with E-state index in [-0.39, 0.29) is 12.6 Å². The van der Waals surface area contributed by atoms with E-state index in [2.05, 4.69) is 0 Å². The van der Waals surface area contributed by atoms with E-state index < -0.39 is 23.2 Å². The van der Waals surface area contributed by atoms with Crippen molar-refractivity contribution < 1.29 is 19.4 Å². The number of hydrogen-bond donors (Lipinski definition) is 1. The van der Waals surface area contributed by atoms with Crippen LogP contribution in [0.25, 0.3) is 0 Å². The van der Waals surface area contributed by atoms with Crippen LogP contribution >= 0.6 is 0 Å². The maximum Gasteiger partial charge on any atom is 0.410 e. The molecule has 2 unspecified atom stereocenters. The maximum atomic E-state index is 12.4. The molecular weight excluding hydrogens is 308 g/mol. The molecule has 0 aliphatic carbocycles. The first-order valence-electron chi connectivity index (χ1n) is 8.23. The number of carboxylic acid groups (broad SMARTS) is 1. The number of carbonyl (C=O) groups is 2. The first-order chi connectivity index (χ1) is 11.2. The normalized spacial score (nSPS) is 26.6. The van der Waals surface area contributed by atoms with E-state index in [0.29, 0.717) is 19.5 Å². The van der Waals surface area contributed by atoms with E-state index >= 15 is 0 Å². The molecule has 0 saturated carbocycles. The number of ether oxygens (including phenoxy) is 1. The Labute approximate surface area is 142 Å². The molecule has 2 aliphatic heterocycles. The number of rotatable bonds is 3. The molecule has 1 aromatic rings. The Kier molecular flexibility index (Phi) is 4.03. The SMILES string of the molecule is CC(C)(C)OC(=O)N1CC2(C(=O)O)CC1CN2Cc1ccccc1. The first-order valence-corrected chi connectivity index (χ1v) is 8.23. The highest BCUT2D eigenvalue weighted by atomic mass is 16.6. The summed E-state index contributed by atoms with van der Waals surface area (Å²) in [4.78, 5) is 28.0. The van der Waals surface area contributed by atoms with Crippen molar-refractivity contribution in [2.24, 2.45) is 0 Å². The fourth-order valence-electron chi connectivity index (χ4n) is 3.64. The van der Waals surface area contributed by atoms with Gasteiger partial charge in [0.05, 0.1) is 12.6 Å². The zero-order chi connectivity index (χ0) is 17.5. The average molecular weight is 332 g/mol. The van der Waals surface area contributed by atoms with Crippen LogP contribution in [0.15, 0.2) is 30.3 Å². The summed E-state index contributed by atoms with van der Waals surface area (Å²) in [6.45, 7) is 6.75. The van der Waals surface area contributed by atoms with Gasteiger partial charge in [0.25, 0.3) is 0 Å². The van der Waals surface area contributed by atoms with Crippen LogP contribution in [-0.2, 0) is 16.1 Å². The molecule has 2 atom stereocenters. The van der Waals surface area contributed by atoms with Gasteiger partial charge in [0, 0.05) is 19.5 Å². The Balaban J connectivity index is 1.77. The van der Waals surface area contributed by atoms with Gasteiger partial charge in [0.2, 0.25) is 0 Å². The number of carbonyl (C=O) groups excluding carboxylic acids is 1. The van der Waals surface area contributed by atoms with Crippen LogP contribution in [0.3, 0.4) is 0 Å². The lowest BCUT2D eigenvalue weighted by molar-refractivity contribution is -0.150. The summed E-state index contributed by atoms with van der Waals surface area (Å²) in [5.41, 5.74) is -0.523. The van der Waals surface area contributed by atoms with E-state index in [9.17, 15) is 14.7 Å². The number of likely N-dealkylation sites (tertiary alicyclic amines) is 2. The lowest BCUT2D eigenvalue weighted by Crippen LogP contribution is -2.59. The largest absolute Gasteiger partial charge is 0.480 e. The van der Waals surface area contributed by atoms with Gasteiger partial charge in [-0.05, 0) is 26.3 Å². The minimum Gasteiger partial charge on any atom is -0.480 e. The van der Waals surface area contributed by atoms with E-state index in [0.717, 1.165) is 5.56 Å². The number of piperazine rings is 1. The van der Waals surface area contributed by atoms with Crippen molar-refractivity contribution in [2.75, 3.05) is 13.1 Å². The quantitative estimate of drug-likeness (QED) is 0.920. The second-order valence-corrected chi connectivity index (χ2v) is 7.67. The predicted molar refractivity (Wildman–Crippen MR) is 88.6 cm³/mol. The third-order valence-corrected chi connectivity index (χ3v) is 4.72. The Bertz CT molecular complexity index is 640. The summed E-state index contributed by atoms with van der Waals surface area (Å²) < 4.78 is 5.43. The van der Waals surface area contributed by atoms with Crippen LogP contribution in [0.1, 0.15) is 32.8 Å². The van der Waals surface area contributed by atoms with Crippen molar-refractivity contribution in [3.8, 4) is 0 Å². The van der Waals surface area contributed by atoms with Crippen LogP contribution < -0.4 is 0 Å². The second kappa shape index (κ2) is 5.77. The summed E-state index contributed by atoms with van der Waals surface area (Å²) >= 11 is 0. The van der Waals surface area contributed by atoms with Gasteiger partial charge >= 0.3 is 12.1 Å². The summed E-state index contributed by atoms with van der Waals surface area (Å²) in [7, 11) is 0. The molecule has 2 bridgehead atoms. The molecule has 6 heteroatoms. The van der Waals surface area contributed by atoms with Crippen LogP contribution in [0, 0.1) is 0 Å². The molecule has 24 heavy (non-hydrogen) atoms. The molecule has 0 radical (unpaired) electrons. The van der Waals surface area contributed by atoms with Crippen molar-refractivity contribution in [3.63, 3.8) is 0 Å². The molecule has 2 fully saturated rings. The third kappa shape index (κ3) is 2.98. The number of aliphatic carboxylic acids is 1. The van der Waals surface area contributed by atoms with Crippen LogP contribution in [-0.4, -0.2) is 57.2 Å². The molecule has 6 nitrogen and oxygen atoms in total. The Morgan fingerprint density at radius 1 is 1.29 bits per heavy atom. The minimum absolute atomic E-state index is 0.111. The molecule has 130 valence electrons. The molecule has 1 amide bonds. The Morgan fingerprint density at radius 2 is 1.96 bits per heavy atom. The zero-order valence-electron chi connectivity index (χ0n) is 14.4. The molecule has 0 spiro atoms. The standard InChI is InChI=1S/C18H24N2O4/c1-17(2,3)24-16(23)20-12-18(15(21)22)9-14(20)11-19(18)10-13-7-5-4-6-8-13/h4-8,14H,9-12H2,1-3H3,(H,21,22). The summed E-state index contributed by atoms with van der Waals surface area (Å²) in [6, 6.07) is 9.71. The van der Waals surface area contributed by atoms with Crippen molar-refractivity contribution in [1.82, 2.24) is 9.80 Å². The lowest BCUT2D eigenvalue weighted by Gasteiger charge is -2.39. The van der Waals surface area contributed by atoms with Crippen molar-refractivity contribution in [1.29, 1.82) is 0 Å². The van der Waals surface area contributed by atoms with E-state index in [1.54, 1.807) is 4.90 Å². The van der Waals surface area contributed by atoms with Crippen molar-refractivity contribution in [3.05, 3.63) is 35.9 Å². The van der Waals surface area contributed by atoms with Gasteiger partial charge in [-0.25, -0.2) is 4.79 Å². The van der Waals surface area contributed by atoms with Gasteiger partial charge in [-0.3, -0.25) is 9.69 Å². The van der Waals surface area contributed by atoms with E-state index in [1.165, 1.54) is 0 Å². The molecule has 2 aliphatic rings. The number of carboxylic acids is 1. The highest BCUT2D eigenvalue weighted by molar-refractivity contribution is 5.83. The van der Waals surface area contributed by atoms with Crippen molar-refractivity contribution in [2.45, 2.75) is 50.9 Å². The Hall–Kier alpha value is -2.08. The number of fused-ring (bicyclic) bond motifs is 2. The summed E-state index contributed by atoms with van der Waals surface area (Å²) in [6.07, 6.45) is 0.0315. The second-order valence-electron chi connectivity index (χ2n) is 7.67. The molecule has 3 rings (SSSR count). The summed E-state index contributed by atoms with van der Waals surface area (Å²) in [5, 5.41) is 9.85. The number of amides is 1. The lowest BCUT2D eigenvalue weighted by atomic mass is 9.98. The van der Waals surface area contributed by atoms with Gasteiger partial charge in [-0.2, -0.15) is 0 Å². The number of hydrogen-bond acceptors (Lipinski definition) is 4. The van der Waals surface area contributed by atoms with Crippen LogP contribution in [0.2, 0.25) is 0 Å². The minimum atomic E-state index is -1.02. The Morgan fingerprint density at radius 3 is 2.54 bits per heavy atom. The number of nitrogens with zero attached hydrogens (tertiary/aromatic N) is 2. The average Bonchev–Trinajstić information content (AvgIpc) is 3.03. The van der Waals surface area contributed by atoms with Gasteiger partial charge < -0.3 is 14.7 Å². The van der Waals surface area contributed by atoms with Crippen molar-refractivity contribution >= 4 is 12.1 Å². The monoisotopic (exact) mass is 332 g/mol. The van der Waals surface area contributed by atoms with Gasteiger partial charge in [-0.1, -0.05) is 30.3 Å². The topological polar surface area (TPSA) is 70.1 Å². The number of benzene rings is 1. The van der Waals surface area contributed by atoms with Gasteiger partial charge in [0.15, 0.2) is 0 Å². The van der Waals surface area contributed by atoms with Crippen LogP contribution in [0.5, 0.6) is 0 Å². The fraction of sp³-hybridized carbons (Fsp3) is 0.556. The zero-order valence-corrected chi connectivity index (χ0v) is 14.4. The van der Waals surface area contributed by atoms with E-state index in [4.69, 9.17) is 4.74 Å². The van der Waals surface area contributed by atoms with Crippen LogP contribution in [0.4, 0.5) is 4.79 Å². The molecule has 0 aromatic heterocycles. The summed E-state index contributed by atoms with van der Waals surface area (Å²) in [5.74, 6) is -0.869. The first kappa shape index (κ1) is 16.8. The molecular formula is C18H24N2O4. The molecule has 1 N–H and O–H groups in total. The highest BCUT2D eigenvalue weighted by Crippen LogP contribution is 2.41. The smallest absolute Gasteiger partial charge is 0.410 e. The van der Waals surface area contributed by atoms with Gasteiger partial charge in [0.1, 0.15) is 11.1 Å². The highest BCUT2D eigenvalue weighted by Gasteiger charge is 2.61. The predicted octanol–water partition coefficient (Wildman–Crippen LogP) is 2.33. The molecule has 2 saturated heterocycles.